The van der Waals surface area contributed by atoms with E-state index >= 15 is 0 Å². The van der Waals surface area contributed by atoms with Gasteiger partial charge in [-0.2, -0.15) is 0 Å². The summed E-state index contributed by atoms with van der Waals surface area (Å²) in [5.41, 5.74) is 2.04. The Hall–Kier alpha value is -1.60. The van der Waals surface area contributed by atoms with Crippen molar-refractivity contribution in [1.29, 1.82) is 0 Å². The van der Waals surface area contributed by atoms with Gasteiger partial charge in [-0.3, -0.25) is 0 Å². The van der Waals surface area contributed by atoms with Gasteiger partial charge >= 0.3 is 6.09 Å². The maximum atomic E-state index is 13.8. The minimum atomic E-state index is -1.45. The molecule has 1 atom stereocenters. The molecule has 25 heavy (non-hydrogen) atoms. The van der Waals surface area contributed by atoms with Gasteiger partial charge in [0, 0.05) is 24.1 Å². The second-order valence-corrected chi connectivity index (χ2v) is 9.74. The van der Waals surface area contributed by atoms with Gasteiger partial charge in [0.25, 0.3) is 0 Å². The summed E-state index contributed by atoms with van der Waals surface area (Å²) in [6.07, 6.45) is 0.982. The van der Waals surface area contributed by atoms with E-state index in [-0.39, 0.29) is 11.2 Å². The van der Waals surface area contributed by atoms with E-state index < -0.39 is 22.2 Å². The Morgan fingerprint density at radius 2 is 2.00 bits per heavy atom. The van der Waals surface area contributed by atoms with E-state index in [9.17, 15) is 18.8 Å². The summed E-state index contributed by atoms with van der Waals surface area (Å²) in [6.45, 7) is 6.39. The van der Waals surface area contributed by atoms with Crippen molar-refractivity contribution in [3.05, 3.63) is 35.1 Å². The molecule has 3 rings (SSSR count). The molecule has 0 radical (unpaired) electrons. The minimum absolute atomic E-state index is 0.340. The van der Waals surface area contributed by atoms with Crippen molar-refractivity contribution in [2.24, 2.45) is 9.81 Å². The van der Waals surface area contributed by atoms with Gasteiger partial charge in [-0.15, -0.1) is 0 Å². The third kappa shape index (κ3) is 3.40. The molecule has 1 heterocycles. The summed E-state index contributed by atoms with van der Waals surface area (Å²) in [4.78, 5) is 12.6. The predicted octanol–water partition coefficient (Wildman–Crippen LogP) is 3.39. The van der Waals surface area contributed by atoms with Gasteiger partial charge in [-0.1, -0.05) is 10.5 Å². The number of hydrogen-bond donors (Lipinski definition) is 1. The first-order chi connectivity index (χ1) is 11.6. The summed E-state index contributed by atoms with van der Waals surface area (Å²) in [5, 5.41) is 9.19. The van der Waals surface area contributed by atoms with Gasteiger partial charge in [0.1, 0.15) is 27.6 Å². The standard InChI is InChI=1S/C18H23FN2O3S/c1-17(2,3)25(24)20-15-14-10-13(19)5-4-12(14)11-18(15)6-8-21(9-7-18)16(22)23/h4-5,10H,6-9,11H2,1-3H3,(H,22,23). The number of nitrogens with zero attached hydrogens (tertiary/aromatic N) is 2. The molecule has 1 unspecified atom stereocenters. The Labute approximate surface area is 150 Å². The van der Waals surface area contributed by atoms with Gasteiger partial charge in [-0.25, -0.2) is 9.18 Å². The number of hydrogen-bond acceptors (Lipinski definition) is 3. The van der Waals surface area contributed by atoms with E-state index in [0.29, 0.717) is 38.1 Å². The Kier molecular flexibility index (Phi) is 4.58. The number of fused-ring (bicyclic) bond motifs is 1. The molecule has 0 saturated carbocycles. The molecule has 0 bridgehead atoms. The van der Waals surface area contributed by atoms with Crippen molar-refractivity contribution < 1.29 is 18.8 Å². The Morgan fingerprint density at radius 1 is 1.36 bits per heavy atom. The molecule has 1 aromatic carbocycles. The van der Waals surface area contributed by atoms with Crippen molar-refractivity contribution in [3.63, 3.8) is 0 Å². The van der Waals surface area contributed by atoms with E-state index in [1.807, 2.05) is 20.8 Å². The van der Waals surface area contributed by atoms with Gasteiger partial charge in [0.15, 0.2) is 0 Å². The Bertz CT molecular complexity index is 722. The maximum Gasteiger partial charge on any atom is 0.407 e. The van der Waals surface area contributed by atoms with E-state index in [1.54, 1.807) is 6.07 Å². The first-order valence-corrected chi connectivity index (χ1v) is 9.51. The summed E-state index contributed by atoms with van der Waals surface area (Å²) in [7, 11) is 0. The lowest BCUT2D eigenvalue weighted by molar-refractivity contribution is 0.115. The molecule has 1 fully saturated rings. The van der Waals surface area contributed by atoms with Crippen LogP contribution in [0, 0.1) is 11.2 Å². The van der Waals surface area contributed by atoms with Crippen LogP contribution >= 0.6 is 0 Å². The SMILES string of the molecule is CC(C)(C)[S+]([O-])N=C1c2cc(F)ccc2CC12CCN(C(=O)O)CC2. The smallest absolute Gasteiger partial charge is 0.407 e. The number of amides is 1. The van der Waals surface area contributed by atoms with Crippen molar-refractivity contribution in [2.45, 2.75) is 44.8 Å². The third-order valence-electron chi connectivity index (χ3n) is 5.05. The Morgan fingerprint density at radius 3 is 2.56 bits per heavy atom. The molecule has 5 nitrogen and oxygen atoms in total. The maximum absolute atomic E-state index is 13.8. The van der Waals surface area contributed by atoms with Crippen molar-refractivity contribution in [2.75, 3.05) is 13.1 Å². The first-order valence-electron chi connectivity index (χ1n) is 8.40. The number of benzene rings is 1. The summed E-state index contributed by atoms with van der Waals surface area (Å²) < 4.78 is 30.5. The molecule has 1 aromatic rings. The zero-order valence-corrected chi connectivity index (χ0v) is 15.5. The van der Waals surface area contributed by atoms with E-state index in [0.717, 1.165) is 11.1 Å². The highest BCUT2D eigenvalue weighted by atomic mass is 32.2. The van der Waals surface area contributed by atoms with Crippen molar-refractivity contribution in [3.8, 4) is 0 Å². The van der Waals surface area contributed by atoms with Crippen LogP contribution in [0.4, 0.5) is 9.18 Å². The number of carbonyl (C=O) groups is 1. The van der Waals surface area contributed by atoms with Crippen LogP contribution in [0.1, 0.15) is 44.7 Å². The fourth-order valence-electron chi connectivity index (χ4n) is 3.56. The second kappa shape index (κ2) is 6.29. The quantitative estimate of drug-likeness (QED) is 0.774. The predicted molar refractivity (Wildman–Crippen MR) is 95.8 cm³/mol. The van der Waals surface area contributed by atoms with Crippen LogP contribution in [0.2, 0.25) is 0 Å². The van der Waals surface area contributed by atoms with Gasteiger partial charge < -0.3 is 14.6 Å². The van der Waals surface area contributed by atoms with Gasteiger partial charge in [0.05, 0.1) is 0 Å². The molecule has 2 aliphatic rings. The number of rotatable bonds is 1. The van der Waals surface area contributed by atoms with Gasteiger partial charge in [-0.05, 0) is 57.7 Å². The molecular formula is C18H23FN2O3S. The molecule has 1 amide bonds. The zero-order valence-electron chi connectivity index (χ0n) is 14.7. The van der Waals surface area contributed by atoms with Crippen molar-refractivity contribution in [1.82, 2.24) is 4.90 Å². The fraction of sp³-hybridized carbons (Fsp3) is 0.556. The number of carboxylic acid groups (broad SMARTS) is 1. The molecule has 0 aromatic heterocycles. The molecular weight excluding hydrogens is 343 g/mol. The van der Waals surface area contributed by atoms with Crippen LogP contribution in [0.3, 0.4) is 0 Å². The summed E-state index contributed by atoms with van der Waals surface area (Å²) >= 11 is -1.45. The van der Waals surface area contributed by atoms with Gasteiger partial charge in [0.2, 0.25) is 0 Å². The molecule has 1 spiro atoms. The second-order valence-electron chi connectivity index (χ2n) is 7.83. The average molecular weight is 366 g/mol. The fourth-order valence-corrected chi connectivity index (χ4v) is 4.29. The molecule has 7 heteroatoms. The van der Waals surface area contributed by atoms with Crippen LogP contribution < -0.4 is 0 Å². The van der Waals surface area contributed by atoms with Crippen LogP contribution in [0.15, 0.2) is 22.6 Å². The lowest BCUT2D eigenvalue weighted by Crippen LogP contribution is -2.45. The summed E-state index contributed by atoms with van der Waals surface area (Å²) in [6, 6.07) is 4.66. The molecule has 1 aliphatic carbocycles. The molecule has 1 N–H and O–H groups in total. The number of piperidine rings is 1. The highest BCUT2D eigenvalue weighted by Crippen LogP contribution is 2.46. The van der Waals surface area contributed by atoms with Crippen LogP contribution in [0.25, 0.3) is 0 Å². The minimum Gasteiger partial charge on any atom is -0.591 e. The Balaban J connectivity index is 2.01. The van der Waals surface area contributed by atoms with Crippen LogP contribution in [0.5, 0.6) is 0 Å². The normalized spacial score (nSPS) is 22.3. The van der Waals surface area contributed by atoms with E-state index in [4.69, 9.17) is 0 Å². The monoisotopic (exact) mass is 366 g/mol. The van der Waals surface area contributed by atoms with E-state index in [2.05, 4.69) is 4.40 Å². The largest absolute Gasteiger partial charge is 0.591 e. The van der Waals surface area contributed by atoms with Crippen molar-refractivity contribution >= 4 is 23.2 Å². The molecule has 136 valence electrons. The zero-order chi connectivity index (χ0) is 18.4. The topological polar surface area (TPSA) is 76.0 Å². The summed E-state index contributed by atoms with van der Waals surface area (Å²) in [5.74, 6) is -0.340. The lowest BCUT2D eigenvalue weighted by atomic mass is 9.74. The van der Waals surface area contributed by atoms with Crippen LogP contribution in [-0.4, -0.2) is 44.2 Å². The molecule has 1 saturated heterocycles. The number of likely N-dealkylation sites (tertiary alicyclic amines) is 1. The highest BCUT2D eigenvalue weighted by Gasteiger charge is 2.48. The molecule has 1 aliphatic heterocycles. The van der Waals surface area contributed by atoms with E-state index in [1.165, 1.54) is 17.0 Å². The number of halogens is 1. The lowest BCUT2D eigenvalue weighted by Gasteiger charge is -2.38. The third-order valence-corrected chi connectivity index (χ3v) is 6.44. The highest BCUT2D eigenvalue weighted by molar-refractivity contribution is 7.91. The van der Waals surface area contributed by atoms with Crippen LogP contribution in [-0.2, 0) is 17.8 Å². The first kappa shape index (κ1) is 18.2. The average Bonchev–Trinajstić information content (AvgIpc) is 2.80.